The van der Waals surface area contributed by atoms with Gasteiger partial charge in [-0.25, -0.2) is 0 Å². The van der Waals surface area contributed by atoms with Crippen LogP contribution in [0.15, 0.2) is 71.6 Å². The minimum Gasteiger partial charge on any atom is -0.497 e. The summed E-state index contributed by atoms with van der Waals surface area (Å²) in [5, 5.41) is 2.46. The molecule has 0 radical (unpaired) electrons. The Kier molecular flexibility index (Phi) is 6.49. The van der Waals surface area contributed by atoms with Crippen LogP contribution in [0.1, 0.15) is 40.1 Å². The Hall–Kier alpha value is -2.89. The molecule has 6 heteroatoms. The number of amides is 1. The molecule has 1 aliphatic carbocycles. The smallest absolute Gasteiger partial charge is 0.254 e. The molecule has 164 valence electrons. The molecule has 0 saturated heterocycles. The number of halogens is 1. The fourth-order valence-corrected chi connectivity index (χ4v) is 5.36. The average molecular weight is 466 g/mol. The number of thiophene rings is 1. The van der Waals surface area contributed by atoms with Crippen LogP contribution >= 0.6 is 22.9 Å². The van der Waals surface area contributed by atoms with Gasteiger partial charge < -0.3 is 9.64 Å². The number of methoxy groups -OCH3 is 1. The van der Waals surface area contributed by atoms with Gasteiger partial charge in [0.2, 0.25) is 0 Å². The van der Waals surface area contributed by atoms with E-state index in [1.54, 1.807) is 60.7 Å². The number of ketones is 1. The summed E-state index contributed by atoms with van der Waals surface area (Å²) in [5.74, 6) is 0.253. The zero-order valence-electron chi connectivity index (χ0n) is 18.0. The first-order valence-electron chi connectivity index (χ1n) is 10.4. The van der Waals surface area contributed by atoms with Crippen LogP contribution in [0.2, 0.25) is 5.02 Å². The summed E-state index contributed by atoms with van der Waals surface area (Å²) >= 11 is 8.20. The molecule has 1 amide bonds. The lowest BCUT2D eigenvalue weighted by Gasteiger charge is -2.44. The van der Waals surface area contributed by atoms with Crippen molar-refractivity contribution in [3.8, 4) is 5.75 Å². The number of rotatable bonds is 5. The van der Waals surface area contributed by atoms with Gasteiger partial charge in [-0.1, -0.05) is 41.9 Å². The number of carbonyl (C=O) groups excluding carboxylic acids is 2. The molecule has 1 unspecified atom stereocenters. The van der Waals surface area contributed by atoms with Crippen molar-refractivity contribution in [1.29, 1.82) is 0 Å². The molecule has 3 aromatic rings. The highest BCUT2D eigenvalue weighted by Crippen LogP contribution is 2.45. The Bertz CT molecular complexity index is 1170. The van der Waals surface area contributed by atoms with E-state index in [0.29, 0.717) is 40.3 Å². The van der Waals surface area contributed by atoms with Gasteiger partial charge in [0.15, 0.2) is 5.78 Å². The molecule has 1 atom stereocenters. The number of benzene rings is 2. The van der Waals surface area contributed by atoms with Crippen LogP contribution in [-0.4, -0.2) is 30.7 Å². The van der Waals surface area contributed by atoms with Gasteiger partial charge >= 0.3 is 0 Å². The summed E-state index contributed by atoms with van der Waals surface area (Å²) in [5.41, 5.74) is 0.645. The van der Waals surface area contributed by atoms with Crippen LogP contribution in [0.5, 0.6) is 5.75 Å². The predicted octanol–water partition coefficient (Wildman–Crippen LogP) is 6.21. The van der Waals surface area contributed by atoms with Crippen molar-refractivity contribution in [3.63, 3.8) is 0 Å². The van der Waals surface area contributed by atoms with E-state index in [-0.39, 0.29) is 11.7 Å². The van der Waals surface area contributed by atoms with Crippen molar-refractivity contribution in [2.75, 3.05) is 14.2 Å². The maximum absolute atomic E-state index is 14.1. The molecule has 0 aliphatic heterocycles. The van der Waals surface area contributed by atoms with Crippen LogP contribution in [0, 0.1) is 0 Å². The van der Waals surface area contributed by atoms with Crippen molar-refractivity contribution in [3.05, 3.63) is 92.6 Å². The third kappa shape index (κ3) is 3.98. The minimum absolute atomic E-state index is 0.0796. The van der Waals surface area contributed by atoms with Crippen molar-refractivity contribution >= 4 is 40.7 Å². The molecule has 0 N–H and O–H groups in total. The lowest BCUT2D eigenvalue weighted by atomic mass is 9.71. The summed E-state index contributed by atoms with van der Waals surface area (Å²) in [7, 11) is 3.25. The molecule has 1 saturated carbocycles. The summed E-state index contributed by atoms with van der Waals surface area (Å²) in [6, 6.07) is 18.2. The Morgan fingerprint density at radius 1 is 1.16 bits per heavy atom. The maximum Gasteiger partial charge on any atom is 0.254 e. The second-order valence-corrected chi connectivity index (χ2v) is 9.19. The predicted molar refractivity (Wildman–Crippen MR) is 129 cm³/mol. The lowest BCUT2D eigenvalue weighted by molar-refractivity contribution is -0.128. The Labute approximate surface area is 197 Å². The summed E-state index contributed by atoms with van der Waals surface area (Å²) in [6.45, 7) is 0. The zero-order valence-corrected chi connectivity index (χ0v) is 19.6. The van der Waals surface area contributed by atoms with Crippen molar-refractivity contribution in [2.24, 2.45) is 0 Å². The number of carbonyl (C=O) groups is 2. The second-order valence-electron chi connectivity index (χ2n) is 7.80. The normalized spacial score (nSPS) is 19.7. The molecule has 1 aliphatic rings. The monoisotopic (exact) mass is 465 g/mol. The van der Waals surface area contributed by atoms with E-state index >= 15 is 0 Å². The van der Waals surface area contributed by atoms with E-state index in [9.17, 15) is 9.59 Å². The van der Waals surface area contributed by atoms with Crippen molar-refractivity contribution < 1.29 is 14.3 Å². The molecule has 1 fully saturated rings. The first-order valence-corrected chi connectivity index (χ1v) is 11.7. The molecular formula is C26H24ClNO3S. The summed E-state index contributed by atoms with van der Waals surface area (Å²) in [4.78, 5) is 30.3. The fourth-order valence-electron chi connectivity index (χ4n) is 4.39. The van der Waals surface area contributed by atoms with E-state index in [0.717, 1.165) is 11.3 Å². The quantitative estimate of drug-likeness (QED) is 0.420. The van der Waals surface area contributed by atoms with Crippen LogP contribution in [0.25, 0.3) is 6.08 Å². The van der Waals surface area contributed by atoms with E-state index < -0.39 is 5.54 Å². The molecule has 0 spiro atoms. The Morgan fingerprint density at radius 2 is 1.97 bits per heavy atom. The average Bonchev–Trinajstić information content (AvgIpc) is 3.33. The minimum atomic E-state index is -1.18. The van der Waals surface area contributed by atoms with Gasteiger partial charge in [0.25, 0.3) is 5.91 Å². The molecule has 32 heavy (non-hydrogen) atoms. The molecule has 2 aromatic carbocycles. The third-order valence-electron chi connectivity index (χ3n) is 6.02. The first-order chi connectivity index (χ1) is 15.5. The fraction of sp³-hybridized carbons (Fsp3) is 0.231. The van der Waals surface area contributed by atoms with E-state index in [4.69, 9.17) is 16.3 Å². The van der Waals surface area contributed by atoms with Gasteiger partial charge in [-0.15, -0.1) is 11.3 Å². The highest BCUT2D eigenvalue weighted by atomic mass is 35.5. The standard InChI is InChI=1S/C26H24ClNO3S/c1-28(25(30)19-8-5-10-20(16-19)31-2)26(22-12-3-4-13-23(22)27)14-6-9-18(24(26)29)17-21-11-7-15-32-21/h3-5,7-8,10-13,15-17H,6,9,14H2,1-2H3/b18-17+. The van der Waals surface area contributed by atoms with Crippen LogP contribution in [0.4, 0.5) is 0 Å². The highest BCUT2D eigenvalue weighted by Gasteiger charge is 2.50. The summed E-state index contributed by atoms with van der Waals surface area (Å²) in [6.07, 6.45) is 3.89. The Balaban J connectivity index is 1.84. The molecule has 1 aromatic heterocycles. The number of ether oxygens (including phenoxy) is 1. The van der Waals surface area contributed by atoms with Gasteiger partial charge in [0.05, 0.1) is 7.11 Å². The van der Waals surface area contributed by atoms with Gasteiger partial charge in [-0.2, -0.15) is 0 Å². The number of hydrogen-bond donors (Lipinski definition) is 0. The van der Waals surface area contributed by atoms with Crippen LogP contribution < -0.4 is 4.74 Å². The zero-order chi connectivity index (χ0) is 22.7. The molecule has 0 bridgehead atoms. The van der Waals surface area contributed by atoms with Crippen molar-refractivity contribution in [2.45, 2.75) is 24.8 Å². The third-order valence-corrected chi connectivity index (χ3v) is 7.17. The number of Topliss-reactive ketones (excluding diaryl/α,β-unsaturated/α-hetero) is 1. The highest BCUT2D eigenvalue weighted by molar-refractivity contribution is 7.10. The Morgan fingerprint density at radius 3 is 2.69 bits per heavy atom. The van der Waals surface area contributed by atoms with Crippen LogP contribution in [0.3, 0.4) is 0 Å². The van der Waals surface area contributed by atoms with Gasteiger partial charge in [0, 0.05) is 28.1 Å². The molecule has 4 nitrogen and oxygen atoms in total. The number of likely N-dealkylation sites (N-methyl/N-ethyl adjacent to an activating group) is 1. The number of hydrogen-bond acceptors (Lipinski definition) is 4. The second kappa shape index (κ2) is 9.31. The molecule has 1 heterocycles. The molecular weight excluding hydrogens is 442 g/mol. The van der Waals surface area contributed by atoms with E-state index in [1.807, 2.05) is 41.8 Å². The van der Waals surface area contributed by atoms with Crippen molar-refractivity contribution in [1.82, 2.24) is 4.90 Å². The van der Waals surface area contributed by atoms with Gasteiger partial charge in [-0.3, -0.25) is 9.59 Å². The van der Waals surface area contributed by atoms with Gasteiger partial charge in [0.1, 0.15) is 11.3 Å². The molecule has 4 rings (SSSR count). The van der Waals surface area contributed by atoms with Gasteiger partial charge in [-0.05, 0) is 66.6 Å². The lowest BCUT2D eigenvalue weighted by Crippen LogP contribution is -2.55. The SMILES string of the molecule is COc1cccc(C(=O)N(C)C2(c3ccccc3Cl)CCC/C(=C\c3cccs3)C2=O)c1. The topological polar surface area (TPSA) is 46.6 Å². The number of nitrogens with zero attached hydrogens (tertiary/aromatic N) is 1. The van der Waals surface area contributed by atoms with Crippen LogP contribution in [-0.2, 0) is 10.3 Å². The first kappa shape index (κ1) is 22.3. The maximum atomic E-state index is 14.1. The summed E-state index contributed by atoms with van der Waals surface area (Å²) < 4.78 is 5.29. The van der Waals surface area contributed by atoms with E-state index in [2.05, 4.69) is 0 Å². The van der Waals surface area contributed by atoms with E-state index in [1.165, 1.54) is 0 Å². The largest absolute Gasteiger partial charge is 0.497 e.